The van der Waals surface area contributed by atoms with Crippen LogP contribution >= 0.6 is 0 Å². The van der Waals surface area contributed by atoms with E-state index in [2.05, 4.69) is 15.3 Å². The second-order valence-corrected chi connectivity index (χ2v) is 5.26. The first kappa shape index (κ1) is 15.9. The van der Waals surface area contributed by atoms with Crippen molar-refractivity contribution in [2.24, 2.45) is 0 Å². The molecule has 1 aromatic heterocycles. The van der Waals surface area contributed by atoms with Gasteiger partial charge in [0.25, 0.3) is 11.5 Å². The van der Waals surface area contributed by atoms with E-state index < -0.39 is 17.6 Å². The lowest BCUT2D eigenvalue weighted by Gasteiger charge is -2.12. The number of benzene rings is 1. The van der Waals surface area contributed by atoms with Gasteiger partial charge in [-0.25, -0.2) is 4.98 Å². The number of carbonyl (C=O) groups is 1. The molecule has 0 aliphatic heterocycles. The van der Waals surface area contributed by atoms with Crippen molar-refractivity contribution in [2.45, 2.75) is 26.9 Å². The molecule has 0 bridgehead atoms. The Hall–Kier alpha value is -2.47. The number of H-pyrrole nitrogens is 1. The molecule has 0 saturated heterocycles. The molecule has 1 atom stereocenters. The maximum atomic E-state index is 12.0. The van der Waals surface area contributed by atoms with E-state index in [-0.39, 0.29) is 12.2 Å². The molecule has 116 valence electrons. The molecule has 0 radical (unpaired) electrons. The van der Waals surface area contributed by atoms with Gasteiger partial charge in [0.1, 0.15) is 0 Å². The molecule has 1 amide bonds. The average molecular weight is 301 g/mol. The first-order valence-corrected chi connectivity index (χ1v) is 6.99. The zero-order valence-corrected chi connectivity index (χ0v) is 12.8. The fraction of sp³-hybridized carbons (Fsp3) is 0.312. The fourth-order valence-electron chi connectivity index (χ4n) is 2.04. The third-order valence-corrected chi connectivity index (χ3v) is 3.44. The molecule has 6 nitrogen and oxygen atoms in total. The SMILES string of the molecule is Cc1cccc(C(O)CNC(=O)c2nc(C)c(C)[nH]c2=O)c1. The summed E-state index contributed by atoms with van der Waals surface area (Å²) in [6, 6.07) is 7.39. The quantitative estimate of drug-likeness (QED) is 0.789. The van der Waals surface area contributed by atoms with E-state index in [1.54, 1.807) is 19.9 Å². The summed E-state index contributed by atoms with van der Waals surface area (Å²) < 4.78 is 0. The minimum Gasteiger partial charge on any atom is -0.387 e. The van der Waals surface area contributed by atoms with Crippen molar-refractivity contribution in [3.05, 3.63) is 62.8 Å². The number of hydrogen-bond acceptors (Lipinski definition) is 4. The second-order valence-electron chi connectivity index (χ2n) is 5.26. The van der Waals surface area contributed by atoms with Crippen LogP contribution in [-0.4, -0.2) is 27.5 Å². The number of aliphatic hydroxyl groups excluding tert-OH is 1. The summed E-state index contributed by atoms with van der Waals surface area (Å²) in [5.41, 5.74) is 2.22. The molecule has 1 aromatic carbocycles. The molecule has 0 fully saturated rings. The highest BCUT2D eigenvalue weighted by atomic mass is 16.3. The Kier molecular flexibility index (Phi) is 4.72. The van der Waals surface area contributed by atoms with Gasteiger partial charge in [0.2, 0.25) is 0 Å². The summed E-state index contributed by atoms with van der Waals surface area (Å²) in [7, 11) is 0. The first-order valence-electron chi connectivity index (χ1n) is 6.99. The Morgan fingerprint density at radius 1 is 1.36 bits per heavy atom. The maximum Gasteiger partial charge on any atom is 0.279 e. The van der Waals surface area contributed by atoms with E-state index in [4.69, 9.17) is 0 Å². The molecule has 0 spiro atoms. The largest absolute Gasteiger partial charge is 0.387 e. The summed E-state index contributed by atoms with van der Waals surface area (Å²) in [5, 5.41) is 12.6. The minimum absolute atomic E-state index is 0.0102. The number of aryl methyl sites for hydroxylation is 3. The lowest BCUT2D eigenvalue weighted by atomic mass is 10.1. The summed E-state index contributed by atoms with van der Waals surface area (Å²) in [5.74, 6) is -0.601. The Balaban J connectivity index is 2.07. The zero-order valence-electron chi connectivity index (χ0n) is 12.8. The van der Waals surface area contributed by atoms with Crippen LogP contribution in [0.3, 0.4) is 0 Å². The molecule has 22 heavy (non-hydrogen) atoms. The fourth-order valence-corrected chi connectivity index (χ4v) is 2.04. The molecule has 0 aliphatic carbocycles. The predicted molar refractivity (Wildman–Crippen MR) is 82.8 cm³/mol. The minimum atomic E-state index is -0.838. The van der Waals surface area contributed by atoms with Crippen LogP contribution < -0.4 is 10.9 Å². The first-order chi connectivity index (χ1) is 10.4. The molecular formula is C16H19N3O3. The van der Waals surface area contributed by atoms with Crippen LogP contribution in [0.2, 0.25) is 0 Å². The van der Waals surface area contributed by atoms with Gasteiger partial charge >= 0.3 is 0 Å². The highest BCUT2D eigenvalue weighted by Crippen LogP contribution is 2.13. The highest BCUT2D eigenvalue weighted by Gasteiger charge is 2.16. The number of carbonyl (C=O) groups excluding carboxylic acids is 1. The van der Waals surface area contributed by atoms with Crippen molar-refractivity contribution in [3.63, 3.8) is 0 Å². The number of nitrogens with one attached hydrogen (secondary N) is 2. The third kappa shape index (κ3) is 3.59. The maximum absolute atomic E-state index is 12.0. The summed E-state index contributed by atoms with van der Waals surface area (Å²) >= 11 is 0. The van der Waals surface area contributed by atoms with Gasteiger partial charge in [0, 0.05) is 12.2 Å². The van der Waals surface area contributed by atoms with Gasteiger partial charge in [-0.05, 0) is 26.3 Å². The lowest BCUT2D eigenvalue weighted by Crippen LogP contribution is -2.34. The van der Waals surface area contributed by atoms with Crippen molar-refractivity contribution >= 4 is 5.91 Å². The predicted octanol–water partition coefficient (Wildman–Crippen LogP) is 1.16. The number of aliphatic hydroxyl groups is 1. The van der Waals surface area contributed by atoms with E-state index >= 15 is 0 Å². The molecule has 1 heterocycles. The van der Waals surface area contributed by atoms with Crippen molar-refractivity contribution in [3.8, 4) is 0 Å². The Morgan fingerprint density at radius 2 is 2.09 bits per heavy atom. The van der Waals surface area contributed by atoms with Gasteiger partial charge < -0.3 is 15.4 Å². The zero-order chi connectivity index (χ0) is 16.3. The second kappa shape index (κ2) is 6.53. The number of amides is 1. The molecule has 2 aromatic rings. The van der Waals surface area contributed by atoms with Crippen LogP contribution in [0.1, 0.15) is 39.1 Å². The summed E-state index contributed by atoms with van der Waals surface area (Å²) in [6.07, 6.45) is -0.838. The van der Waals surface area contributed by atoms with Crippen LogP contribution in [0.4, 0.5) is 0 Å². The van der Waals surface area contributed by atoms with Crippen LogP contribution in [0.15, 0.2) is 29.1 Å². The topological polar surface area (TPSA) is 95.1 Å². The van der Waals surface area contributed by atoms with Gasteiger partial charge in [0.15, 0.2) is 5.69 Å². The van der Waals surface area contributed by atoms with Gasteiger partial charge in [-0.2, -0.15) is 0 Å². The number of aromatic nitrogens is 2. The van der Waals surface area contributed by atoms with Crippen LogP contribution in [0, 0.1) is 20.8 Å². The molecular weight excluding hydrogens is 282 g/mol. The van der Waals surface area contributed by atoms with Crippen LogP contribution in [-0.2, 0) is 0 Å². The number of rotatable bonds is 4. The van der Waals surface area contributed by atoms with Gasteiger partial charge in [-0.3, -0.25) is 9.59 Å². The lowest BCUT2D eigenvalue weighted by molar-refractivity contribution is 0.0909. The van der Waals surface area contributed by atoms with Crippen molar-refractivity contribution in [1.29, 1.82) is 0 Å². The monoisotopic (exact) mass is 301 g/mol. The normalized spacial score (nSPS) is 12.0. The van der Waals surface area contributed by atoms with E-state index in [1.165, 1.54) is 0 Å². The summed E-state index contributed by atoms with van der Waals surface area (Å²) in [6.45, 7) is 5.36. The Bertz CT molecular complexity index is 753. The number of hydrogen-bond donors (Lipinski definition) is 3. The number of nitrogens with zero attached hydrogens (tertiary/aromatic N) is 1. The van der Waals surface area contributed by atoms with Gasteiger partial charge in [-0.1, -0.05) is 29.8 Å². The standard InChI is InChI=1S/C16H19N3O3/c1-9-5-4-6-12(7-9)13(20)8-17-15(21)14-16(22)19-11(3)10(2)18-14/h4-7,13,20H,8H2,1-3H3,(H,17,21)(H,19,22). The highest BCUT2D eigenvalue weighted by molar-refractivity contribution is 5.91. The van der Waals surface area contributed by atoms with Crippen molar-refractivity contribution < 1.29 is 9.90 Å². The number of aromatic amines is 1. The van der Waals surface area contributed by atoms with Gasteiger partial charge in [-0.15, -0.1) is 0 Å². The third-order valence-electron chi connectivity index (χ3n) is 3.44. The molecule has 2 rings (SSSR count). The van der Waals surface area contributed by atoms with E-state index in [9.17, 15) is 14.7 Å². The smallest absolute Gasteiger partial charge is 0.279 e. The summed E-state index contributed by atoms with van der Waals surface area (Å²) in [4.78, 5) is 30.4. The average Bonchev–Trinajstić information content (AvgIpc) is 2.48. The van der Waals surface area contributed by atoms with E-state index in [0.29, 0.717) is 17.0 Å². The Labute approximate surface area is 128 Å². The molecule has 3 N–H and O–H groups in total. The molecule has 0 saturated carbocycles. The molecule has 0 aliphatic rings. The Morgan fingerprint density at radius 3 is 2.77 bits per heavy atom. The van der Waals surface area contributed by atoms with Crippen molar-refractivity contribution in [2.75, 3.05) is 6.54 Å². The van der Waals surface area contributed by atoms with E-state index in [0.717, 1.165) is 5.56 Å². The van der Waals surface area contributed by atoms with Crippen LogP contribution in [0.25, 0.3) is 0 Å². The van der Waals surface area contributed by atoms with E-state index in [1.807, 2.05) is 25.1 Å². The molecule has 6 heteroatoms. The van der Waals surface area contributed by atoms with Gasteiger partial charge in [0.05, 0.1) is 11.8 Å². The van der Waals surface area contributed by atoms with Crippen LogP contribution in [0.5, 0.6) is 0 Å². The molecule has 1 unspecified atom stereocenters. The van der Waals surface area contributed by atoms with Crippen molar-refractivity contribution in [1.82, 2.24) is 15.3 Å².